The number of rotatable bonds is 9. The van der Waals surface area contributed by atoms with Gasteiger partial charge in [-0.2, -0.15) is 0 Å². The Morgan fingerprint density at radius 3 is 2.75 bits per heavy atom. The molecule has 1 fully saturated rings. The van der Waals surface area contributed by atoms with E-state index in [1.807, 2.05) is 0 Å². The number of nitrogens with one attached hydrogen (secondary N) is 2. The van der Waals surface area contributed by atoms with E-state index < -0.39 is 0 Å². The second-order valence-corrected chi connectivity index (χ2v) is 6.21. The molecule has 0 radical (unpaired) electrons. The maximum Gasteiger partial charge on any atom is 0.220 e. The zero-order valence-electron chi connectivity index (χ0n) is 12.9. The number of halogens is 1. The predicted molar refractivity (Wildman–Crippen MR) is 85.1 cm³/mol. The molecule has 120 valence electrons. The van der Waals surface area contributed by atoms with Crippen LogP contribution in [0.25, 0.3) is 0 Å². The smallest absolute Gasteiger partial charge is 0.220 e. The van der Waals surface area contributed by atoms with Crippen molar-refractivity contribution in [3.05, 3.63) is 0 Å². The largest absolute Gasteiger partial charge is 0.396 e. The molecule has 0 spiro atoms. The van der Waals surface area contributed by atoms with E-state index in [1.54, 1.807) is 0 Å². The van der Waals surface area contributed by atoms with Crippen LogP contribution in [-0.4, -0.2) is 37.3 Å². The standard InChI is InChI=1S/C15H30N2O2.ClH/c1-12(2)9-14(6-8-18)11-17-15(19)4-3-13-5-7-16-10-13;/h12-14,16,18H,3-11H2,1-2H3,(H,17,19);1H. The Labute approximate surface area is 129 Å². The highest BCUT2D eigenvalue weighted by Crippen LogP contribution is 2.16. The molecule has 3 N–H and O–H groups in total. The Bertz CT molecular complexity index is 256. The first-order valence-corrected chi connectivity index (χ1v) is 7.70. The molecule has 1 aliphatic rings. The predicted octanol–water partition coefficient (Wildman–Crippen LogP) is 1.96. The first-order valence-electron chi connectivity index (χ1n) is 7.70. The van der Waals surface area contributed by atoms with Gasteiger partial charge in [-0.05, 0) is 56.5 Å². The molecular weight excluding hydrogens is 276 g/mol. The van der Waals surface area contributed by atoms with Crippen molar-refractivity contribution < 1.29 is 9.90 Å². The van der Waals surface area contributed by atoms with Crippen molar-refractivity contribution in [2.24, 2.45) is 17.8 Å². The van der Waals surface area contributed by atoms with Gasteiger partial charge in [0.2, 0.25) is 5.91 Å². The van der Waals surface area contributed by atoms with Gasteiger partial charge < -0.3 is 15.7 Å². The maximum absolute atomic E-state index is 11.8. The molecule has 1 amide bonds. The SMILES string of the molecule is CC(C)CC(CCO)CNC(=O)CCC1CCNC1.Cl. The van der Waals surface area contributed by atoms with Crippen molar-refractivity contribution in [2.75, 3.05) is 26.2 Å². The van der Waals surface area contributed by atoms with E-state index in [0.29, 0.717) is 30.7 Å². The average Bonchev–Trinajstić information content (AvgIpc) is 2.86. The molecule has 0 aromatic rings. The lowest BCUT2D eigenvalue weighted by Crippen LogP contribution is -2.30. The number of hydrogen-bond donors (Lipinski definition) is 3. The summed E-state index contributed by atoms with van der Waals surface area (Å²) < 4.78 is 0. The molecular formula is C15H31ClN2O2. The molecule has 0 aliphatic carbocycles. The Morgan fingerprint density at radius 1 is 1.45 bits per heavy atom. The third-order valence-electron chi connectivity index (χ3n) is 3.87. The molecule has 0 aromatic carbocycles. The van der Waals surface area contributed by atoms with Crippen molar-refractivity contribution in [2.45, 2.75) is 46.0 Å². The van der Waals surface area contributed by atoms with Crippen molar-refractivity contribution in [3.63, 3.8) is 0 Å². The first-order chi connectivity index (χ1) is 9.11. The molecule has 20 heavy (non-hydrogen) atoms. The van der Waals surface area contributed by atoms with Crippen LogP contribution in [0, 0.1) is 17.8 Å². The summed E-state index contributed by atoms with van der Waals surface area (Å²) in [5.74, 6) is 1.85. The van der Waals surface area contributed by atoms with Gasteiger partial charge in [0.1, 0.15) is 0 Å². The highest BCUT2D eigenvalue weighted by molar-refractivity contribution is 5.85. The summed E-state index contributed by atoms with van der Waals surface area (Å²) in [5.41, 5.74) is 0. The average molecular weight is 307 g/mol. The van der Waals surface area contributed by atoms with E-state index in [0.717, 1.165) is 32.4 Å². The van der Waals surface area contributed by atoms with Crippen LogP contribution in [0.3, 0.4) is 0 Å². The van der Waals surface area contributed by atoms with Crippen molar-refractivity contribution in [3.8, 4) is 0 Å². The first kappa shape index (κ1) is 19.7. The minimum Gasteiger partial charge on any atom is -0.396 e. The second-order valence-electron chi connectivity index (χ2n) is 6.21. The Morgan fingerprint density at radius 2 is 2.20 bits per heavy atom. The number of hydrogen-bond acceptors (Lipinski definition) is 3. The fourth-order valence-corrected chi connectivity index (χ4v) is 2.80. The lowest BCUT2D eigenvalue weighted by atomic mass is 9.94. The Hall–Kier alpha value is -0.320. The summed E-state index contributed by atoms with van der Waals surface area (Å²) in [5, 5.41) is 15.4. The van der Waals surface area contributed by atoms with Gasteiger partial charge in [0.25, 0.3) is 0 Å². The van der Waals surface area contributed by atoms with Crippen LogP contribution in [0.15, 0.2) is 0 Å². The van der Waals surface area contributed by atoms with Crippen LogP contribution >= 0.6 is 12.4 Å². The number of carbonyl (C=O) groups is 1. The van der Waals surface area contributed by atoms with Gasteiger partial charge in [0.15, 0.2) is 0 Å². The molecule has 0 aromatic heterocycles. The molecule has 1 aliphatic heterocycles. The lowest BCUT2D eigenvalue weighted by molar-refractivity contribution is -0.121. The summed E-state index contributed by atoms with van der Waals surface area (Å²) in [6.45, 7) is 7.44. The highest BCUT2D eigenvalue weighted by atomic mass is 35.5. The third kappa shape index (κ3) is 8.77. The van der Waals surface area contributed by atoms with Gasteiger partial charge in [-0.1, -0.05) is 13.8 Å². The summed E-state index contributed by atoms with van der Waals surface area (Å²) in [6.07, 6.45) is 4.68. The topological polar surface area (TPSA) is 61.4 Å². The van der Waals surface area contributed by atoms with Gasteiger partial charge >= 0.3 is 0 Å². The summed E-state index contributed by atoms with van der Waals surface area (Å²) in [4.78, 5) is 11.8. The van der Waals surface area contributed by atoms with E-state index in [1.165, 1.54) is 6.42 Å². The monoisotopic (exact) mass is 306 g/mol. The van der Waals surface area contributed by atoms with Crippen LogP contribution in [0.1, 0.15) is 46.0 Å². The fraction of sp³-hybridized carbons (Fsp3) is 0.933. The summed E-state index contributed by atoms with van der Waals surface area (Å²) in [6, 6.07) is 0. The van der Waals surface area contributed by atoms with E-state index in [9.17, 15) is 4.79 Å². The van der Waals surface area contributed by atoms with Gasteiger partial charge in [0.05, 0.1) is 0 Å². The molecule has 1 rings (SSSR count). The highest BCUT2D eigenvalue weighted by Gasteiger charge is 2.16. The Balaban J connectivity index is 0.00000361. The van der Waals surface area contributed by atoms with E-state index in [4.69, 9.17) is 5.11 Å². The summed E-state index contributed by atoms with van der Waals surface area (Å²) in [7, 11) is 0. The molecule has 1 heterocycles. The molecule has 2 atom stereocenters. The fourth-order valence-electron chi connectivity index (χ4n) is 2.80. The second kappa shape index (κ2) is 11.4. The van der Waals surface area contributed by atoms with E-state index in [2.05, 4.69) is 24.5 Å². The van der Waals surface area contributed by atoms with Gasteiger partial charge in [-0.3, -0.25) is 4.79 Å². The summed E-state index contributed by atoms with van der Waals surface area (Å²) >= 11 is 0. The van der Waals surface area contributed by atoms with Crippen LogP contribution < -0.4 is 10.6 Å². The maximum atomic E-state index is 11.8. The number of aliphatic hydroxyl groups is 1. The lowest BCUT2D eigenvalue weighted by Gasteiger charge is -2.18. The number of amides is 1. The van der Waals surface area contributed by atoms with Crippen LogP contribution in [0.5, 0.6) is 0 Å². The van der Waals surface area contributed by atoms with Crippen LogP contribution in [0.2, 0.25) is 0 Å². The quantitative estimate of drug-likeness (QED) is 0.610. The number of carbonyl (C=O) groups excluding carboxylic acids is 1. The van der Waals surface area contributed by atoms with E-state index in [-0.39, 0.29) is 24.9 Å². The van der Waals surface area contributed by atoms with Gasteiger partial charge in [-0.15, -0.1) is 12.4 Å². The van der Waals surface area contributed by atoms with Crippen molar-refractivity contribution in [1.82, 2.24) is 10.6 Å². The molecule has 1 saturated heterocycles. The van der Waals surface area contributed by atoms with Crippen LogP contribution in [-0.2, 0) is 4.79 Å². The van der Waals surface area contributed by atoms with Gasteiger partial charge in [0, 0.05) is 19.6 Å². The molecule has 0 saturated carbocycles. The van der Waals surface area contributed by atoms with Crippen molar-refractivity contribution >= 4 is 18.3 Å². The molecule has 4 nitrogen and oxygen atoms in total. The molecule has 0 bridgehead atoms. The van der Waals surface area contributed by atoms with Gasteiger partial charge in [-0.25, -0.2) is 0 Å². The minimum absolute atomic E-state index is 0. The van der Waals surface area contributed by atoms with E-state index >= 15 is 0 Å². The van der Waals surface area contributed by atoms with Crippen LogP contribution in [0.4, 0.5) is 0 Å². The minimum atomic E-state index is 0. The molecule has 5 heteroatoms. The normalized spacial score (nSPS) is 19.7. The number of aliphatic hydroxyl groups excluding tert-OH is 1. The zero-order chi connectivity index (χ0) is 14.1. The zero-order valence-corrected chi connectivity index (χ0v) is 13.7. The molecule has 2 unspecified atom stereocenters. The van der Waals surface area contributed by atoms with Crippen molar-refractivity contribution in [1.29, 1.82) is 0 Å². The third-order valence-corrected chi connectivity index (χ3v) is 3.87. The Kier molecular flexibility index (Phi) is 11.2.